The fraction of sp³-hybridized carbons (Fsp3) is 0.238. The first-order chi connectivity index (χ1) is 13.9. The second kappa shape index (κ2) is 9.16. The summed E-state index contributed by atoms with van der Waals surface area (Å²) in [6, 6.07) is 11.7. The van der Waals surface area contributed by atoms with Crippen LogP contribution in [0.4, 0.5) is 9.52 Å². The zero-order valence-corrected chi connectivity index (χ0v) is 17.8. The Morgan fingerprint density at radius 1 is 1.17 bits per heavy atom. The molecule has 0 aliphatic heterocycles. The molecule has 0 aliphatic rings. The molecule has 0 aliphatic carbocycles. The smallest absolute Gasteiger partial charge is 0.239 e. The summed E-state index contributed by atoms with van der Waals surface area (Å²) in [5, 5.41) is 14.5. The topological polar surface area (TPSA) is 78.7 Å². The minimum absolute atomic E-state index is 0.226. The number of hydrogen-bond acceptors (Lipinski definition) is 6. The molecule has 2 heterocycles. The van der Waals surface area contributed by atoms with Gasteiger partial charge < -0.3 is 5.32 Å². The molecular formula is C21H19FN4OS2. The number of pyridine rings is 1. The van der Waals surface area contributed by atoms with Crippen LogP contribution in [0.1, 0.15) is 37.9 Å². The number of carbonyl (C=O) groups excluding carboxylic acids is 1. The first-order valence-corrected chi connectivity index (χ1v) is 10.7. The monoisotopic (exact) mass is 426 g/mol. The zero-order valence-electron chi connectivity index (χ0n) is 16.1. The zero-order chi connectivity index (χ0) is 21.0. The molecule has 1 unspecified atom stereocenters. The molecule has 0 bridgehead atoms. The molecule has 1 aromatic carbocycles. The summed E-state index contributed by atoms with van der Waals surface area (Å²) in [5.74, 6) is -0.308. The third kappa shape index (κ3) is 5.19. The number of hydrogen-bond donors (Lipinski definition) is 1. The molecule has 148 valence electrons. The van der Waals surface area contributed by atoms with Crippen LogP contribution in [0.25, 0.3) is 11.3 Å². The van der Waals surface area contributed by atoms with Gasteiger partial charge in [-0.2, -0.15) is 5.26 Å². The Balaban J connectivity index is 1.69. The molecule has 0 radical (unpaired) electrons. The van der Waals surface area contributed by atoms with Crippen LogP contribution in [0.3, 0.4) is 0 Å². The molecule has 8 heteroatoms. The van der Waals surface area contributed by atoms with Gasteiger partial charge in [0, 0.05) is 16.6 Å². The number of nitrogens with zero attached hydrogens (tertiary/aromatic N) is 3. The maximum Gasteiger partial charge on any atom is 0.239 e. The van der Waals surface area contributed by atoms with Crippen LogP contribution in [0.15, 0.2) is 46.8 Å². The minimum Gasteiger partial charge on any atom is -0.301 e. The first kappa shape index (κ1) is 21.0. The molecule has 1 N–H and O–H groups in total. The van der Waals surface area contributed by atoms with E-state index >= 15 is 0 Å². The fourth-order valence-corrected chi connectivity index (χ4v) is 4.09. The van der Waals surface area contributed by atoms with E-state index in [1.165, 1.54) is 35.2 Å². The highest BCUT2D eigenvalue weighted by Gasteiger charge is 2.19. The quantitative estimate of drug-likeness (QED) is 0.530. The first-order valence-electron chi connectivity index (χ1n) is 8.97. The number of rotatable bonds is 6. The third-order valence-electron chi connectivity index (χ3n) is 4.13. The van der Waals surface area contributed by atoms with Gasteiger partial charge in [0.25, 0.3) is 0 Å². The van der Waals surface area contributed by atoms with E-state index in [0.29, 0.717) is 21.4 Å². The van der Waals surface area contributed by atoms with Gasteiger partial charge in [0.15, 0.2) is 5.13 Å². The molecule has 29 heavy (non-hydrogen) atoms. The van der Waals surface area contributed by atoms with E-state index in [4.69, 9.17) is 0 Å². The molecule has 3 rings (SSSR count). The van der Waals surface area contributed by atoms with Crippen molar-refractivity contribution in [3.63, 3.8) is 0 Å². The molecule has 1 amide bonds. The second-order valence-corrected chi connectivity index (χ2v) is 8.84. The average molecular weight is 427 g/mol. The predicted molar refractivity (Wildman–Crippen MR) is 114 cm³/mol. The van der Waals surface area contributed by atoms with Crippen molar-refractivity contribution < 1.29 is 9.18 Å². The van der Waals surface area contributed by atoms with Crippen LogP contribution in [-0.2, 0) is 4.79 Å². The average Bonchev–Trinajstić information content (AvgIpc) is 3.16. The summed E-state index contributed by atoms with van der Waals surface area (Å²) in [5.41, 5.74) is 2.78. The maximum atomic E-state index is 13.1. The van der Waals surface area contributed by atoms with Crippen molar-refractivity contribution in [2.45, 2.75) is 37.0 Å². The Morgan fingerprint density at radius 3 is 2.55 bits per heavy atom. The standard InChI is InChI=1S/C21H19FN4OS2/c1-12(2)17-9-6-15(10-23)20(24-17)29-13(3)19(27)26-21-25-18(11-28-21)14-4-7-16(22)8-5-14/h4-9,11-13H,1-3H3,(H,25,26,27). The number of carbonyl (C=O) groups is 1. The van der Waals surface area contributed by atoms with E-state index in [2.05, 4.69) is 21.4 Å². The lowest BCUT2D eigenvalue weighted by Gasteiger charge is -2.13. The van der Waals surface area contributed by atoms with Gasteiger partial charge in [-0.05, 0) is 49.2 Å². The van der Waals surface area contributed by atoms with Gasteiger partial charge in [-0.15, -0.1) is 11.3 Å². The Kier molecular flexibility index (Phi) is 6.62. The van der Waals surface area contributed by atoms with Gasteiger partial charge in [0.1, 0.15) is 16.9 Å². The molecule has 0 fully saturated rings. The molecule has 0 saturated heterocycles. The third-order valence-corrected chi connectivity index (χ3v) is 5.99. The number of benzene rings is 1. The van der Waals surface area contributed by atoms with Gasteiger partial charge in [-0.25, -0.2) is 14.4 Å². The van der Waals surface area contributed by atoms with E-state index < -0.39 is 5.25 Å². The highest BCUT2D eigenvalue weighted by Crippen LogP contribution is 2.29. The summed E-state index contributed by atoms with van der Waals surface area (Å²) in [6.45, 7) is 5.82. The Hall–Kier alpha value is -2.76. The minimum atomic E-state index is -0.463. The molecule has 3 aromatic rings. The van der Waals surface area contributed by atoms with Crippen LogP contribution in [0.5, 0.6) is 0 Å². The van der Waals surface area contributed by atoms with E-state index in [0.717, 1.165) is 11.3 Å². The van der Waals surface area contributed by atoms with Gasteiger partial charge in [-0.3, -0.25) is 4.79 Å². The highest BCUT2D eigenvalue weighted by molar-refractivity contribution is 8.00. The normalized spacial score (nSPS) is 11.9. The number of anilines is 1. The van der Waals surface area contributed by atoms with Crippen LogP contribution in [-0.4, -0.2) is 21.1 Å². The highest BCUT2D eigenvalue weighted by atomic mass is 32.2. The molecular weight excluding hydrogens is 407 g/mol. The molecule has 5 nitrogen and oxygen atoms in total. The number of amides is 1. The van der Waals surface area contributed by atoms with Gasteiger partial charge in [0.2, 0.25) is 5.91 Å². The van der Waals surface area contributed by atoms with Crippen LogP contribution in [0.2, 0.25) is 0 Å². The van der Waals surface area contributed by atoms with Crippen LogP contribution >= 0.6 is 23.1 Å². The van der Waals surface area contributed by atoms with Crippen LogP contribution in [0, 0.1) is 17.1 Å². The fourth-order valence-electron chi connectivity index (χ4n) is 2.46. The van der Waals surface area contributed by atoms with Crippen LogP contribution < -0.4 is 5.32 Å². The van der Waals surface area contributed by atoms with Crippen molar-refractivity contribution >= 4 is 34.1 Å². The van der Waals surface area contributed by atoms with Crippen molar-refractivity contribution in [3.05, 3.63) is 58.9 Å². The van der Waals surface area contributed by atoms with Gasteiger partial charge >= 0.3 is 0 Å². The number of halogens is 1. The summed E-state index contributed by atoms with van der Waals surface area (Å²) in [7, 11) is 0. The molecule has 0 saturated carbocycles. The second-order valence-electron chi connectivity index (χ2n) is 6.65. The van der Waals surface area contributed by atoms with E-state index in [-0.39, 0.29) is 17.6 Å². The number of nitriles is 1. The summed E-state index contributed by atoms with van der Waals surface area (Å²) >= 11 is 2.55. The number of nitrogens with one attached hydrogen (secondary N) is 1. The largest absolute Gasteiger partial charge is 0.301 e. The lowest BCUT2D eigenvalue weighted by atomic mass is 10.1. The van der Waals surface area contributed by atoms with Crippen molar-refractivity contribution in [2.75, 3.05) is 5.32 Å². The summed E-state index contributed by atoms with van der Waals surface area (Å²) in [6.07, 6.45) is 0. The van der Waals surface area contributed by atoms with Crippen molar-refractivity contribution in [1.29, 1.82) is 5.26 Å². The van der Waals surface area contributed by atoms with E-state index in [1.54, 1.807) is 25.1 Å². The van der Waals surface area contributed by atoms with Crippen molar-refractivity contribution in [3.8, 4) is 17.3 Å². The van der Waals surface area contributed by atoms with Gasteiger partial charge in [-0.1, -0.05) is 25.6 Å². The molecule has 2 aromatic heterocycles. The lowest BCUT2D eigenvalue weighted by Crippen LogP contribution is -2.22. The van der Waals surface area contributed by atoms with E-state index in [9.17, 15) is 14.4 Å². The Bertz CT molecular complexity index is 1060. The summed E-state index contributed by atoms with van der Waals surface area (Å²) in [4.78, 5) is 21.5. The van der Waals surface area contributed by atoms with Gasteiger partial charge in [0.05, 0.1) is 16.5 Å². The molecule has 1 atom stereocenters. The number of thiazole rings is 1. The van der Waals surface area contributed by atoms with E-state index in [1.807, 2.05) is 25.3 Å². The predicted octanol–water partition coefficient (Wildman–Crippen LogP) is 5.46. The number of aromatic nitrogens is 2. The Morgan fingerprint density at radius 2 is 1.90 bits per heavy atom. The van der Waals surface area contributed by atoms with Crippen molar-refractivity contribution in [2.24, 2.45) is 0 Å². The lowest BCUT2D eigenvalue weighted by molar-refractivity contribution is -0.115. The molecule has 0 spiro atoms. The maximum absolute atomic E-state index is 13.1. The Labute approximate surface area is 177 Å². The number of thioether (sulfide) groups is 1. The van der Waals surface area contributed by atoms with Crippen molar-refractivity contribution in [1.82, 2.24) is 9.97 Å². The SMILES string of the molecule is CC(Sc1nc(C(C)C)ccc1C#N)C(=O)Nc1nc(-c2ccc(F)cc2)cs1. The summed E-state index contributed by atoms with van der Waals surface area (Å²) < 4.78 is 13.1.